The summed E-state index contributed by atoms with van der Waals surface area (Å²) in [5.41, 5.74) is -0.422. The van der Waals surface area contributed by atoms with Crippen molar-refractivity contribution in [2.45, 2.75) is 26.4 Å². The first kappa shape index (κ1) is 14.3. The Labute approximate surface area is 104 Å². The maximum Gasteiger partial charge on any atom is 0.410 e. The molecule has 0 aliphatic carbocycles. The summed E-state index contributed by atoms with van der Waals surface area (Å²) in [4.78, 5) is 16.0. The van der Waals surface area contributed by atoms with Crippen LogP contribution in [0.25, 0.3) is 0 Å². The fourth-order valence-corrected chi connectivity index (χ4v) is 1.63. The summed E-state index contributed by atoms with van der Waals surface area (Å²) >= 11 is 0. The maximum atomic E-state index is 12.0. The third kappa shape index (κ3) is 5.89. The molecule has 0 aromatic heterocycles. The summed E-state index contributed by atoms with van der Waals surface area (Å²) in [6.45, 7) is 10.8. The molecule has 1 heterocycles. The Bertz CT molecular complexity index is 251. The molecular weight excluding hydrogens is 218 g/mol. The van der Waals surface area contributed by atoms with Gasteiger partial charge >= 0.3 is 6.09 Å². The van der Waals surface area contributed by atoms with Gasteiger partial charge in [0.15, 0.2) is 0 Å². The van der Waals surface area contributed by atoms with Gasteiger partial charge in [0.2, 0.25) is 0 Å². The van der Waals surface area contributed by atoms with E-state index in [0.29, 0.717) is 6.54 Å². The lowest BCUT2D eigenvalue weighted by Crippen LogP contribution is -2.42. The lowest BCUT2D eigenvalue weighted by atomic mass is 10.2. The number of carbonyl (C=O) groups is 1. The second-order valence-corrected chi connectivity index (χ2v) is 5.52. The van der Waals surface area contributed by atoms with Crippen LogP contribution in [-0.2, 0) is 4.74 Å². The summed E-state index contributed by atoms with van der Waals surface area (Å²) in [6.07, 6.45) is -0.213. The Morgan fingerprint density at radius 2 is 1.76 bits per heavy atom. The highest BCUT2D eigenvalue weighted by molar-refractivity contribution is 5.68. The minimum absolute atomic E-state index is 0.213. The number of nitrogens with zero attached hydrogens (tertiary/aromatic N) is 2. The van der Waals surface area contributed by atoms with Gasteiger partial charge in [-0.05, 0) is 27.8 Å². The molecule has 0 unspecified atom stereocenters. The molecule has 1 aliphatic heterocycles. The number of amides is 1. The number of ether oxygens (including phenoxy) is 1. The normalized spacial score (nSPS) is 20.4. The largest absolute Gasteiger partial charge is 0.444 e. The molecule has 1 amide bonds. The topological polar surface area (TPSA) is 44.8 Å². The van der Waals surface area contributed by atoms with Crippen LogP contribution in [0.4, 0.5) is 4.79 Å². The SMILES string of the molecule is CN1CCNCCN(C(=O)OC(C)(C)C)CC1. The van der Waals surface area contributed by atoms with Crippen molar-refractivity contribution in [3.8, 4) is 0 Å². The molecule has 0 aromatic carbocycles. The number of hydrogen-bond donors (Lipinski definition) is 1. The van der Waals surface area contributed by atoms with Crippen molar-refractivity contribution in [3.05, 3.63) is 0 Å². The standard InChI is InChI=1S/C12H25N3O2/c1-12(2,3)17-11(16)15-8-6-13-5-7-14(4)9-10-15/h13H,5-10H2,1-4H3. The molecule has 1 saturated heterocycles. The number of nitrogens with one attached hydrogen (secondary N) is 1. The molecular formula is C12H25N3O2. The van der Waals surface area contributed by atoms with E-state index >= 15 is 0 Å². The van der Waals surface area contributed by atoms with E-state index in [2.05, 4.69) is 17.3 Å². The van der Waals surface area contributed by atoms with E-state index in [1.807, 2.05) is 20.8 Å². The van der Waals surface area contributed by atoms with Gasteiger partial charge in [-0.1, -0.05) is 0 Å². The molecule has 0 radical (unpaired) electrons. The van der Waals surface area contributed by atoms with Gasteiger partial charge < -0.3 is 19.9 Å². The third-order valence-electron chi connectivity index (χ3n) is 2.63. The summed E-state index contributed by atoms with van der Waals surface area (Å²) in [6, 6.07) is 0. The molecule has 1 rings (SSSR count). The lowest BCUT2D eigenvalue weighted by Gasteiger charge is -2.27. The zero-order valence-electron chi connectivity index (χ0n) is 11.5. The summed E-state index contributed by atoms with van der Waals surface area (Å²) in [7, 11) is 2.07. The molecule has 0 bridgehead atoms. The van der Waals surface area contributed by atoms with E-state index in [-0.39, 0.29) is 6.09 Å². The molecule has 1 fully saturated rings. The molecule has 5 nitrogen and oxygen atoms in total. The van der Waals surface area contributed by atoms with Crippen LogP contribution in [0.3, 0.4) is 0 Å². The van der Waals surface area contributed by atoms with Crippen LogP contribution in [0.15, 0.2) is 0 Å². The van der Waals surface area contributed by atoms with E-state index in [1.54, 1.807) is 4.90 Å². The van der Waals surface area contributed by atoms with Crippen LogP contribution < -0.4 is 5.32 Å². The highest BCUT2D eigenvalue weighted by atomic mass is 16.6. The number of carbonyl (C=O) groups excluding carboxylic acids is 1. The average Bonchev–Trinajstić information content (AvgIpc) is 2.27. The highest BCUT2D eigenvalue weighted by Gasteiger charge is 2.22. The van der Waals surface area contributed by atoms with Crippen LogP contribution in [0, 0.1) is 0 Å². The van der Waals surface area contributed by atoms with Gasteiger partial charge in [0, 0.05) is 39.3 Å². The Morgan fingerprint density at radius 1 is 1.12 bits per heavy atom. The molecule has 0 atom stereocenters. The Hall–Kier alpha value is -0.810. The molecule has 1 N–H and O–H groups in total. The van der Waals surface area contributed by atoms with Crippen molar-refractivity contribution >= 4 is 6.09 Å². The Morgan fingerprint density at radius 3 is 2.41 bits per heavy atom. The molecule has 0 saturated carbocycles. The van der Waals surface area contributed by atoms with Gasteiger partial charge in [-0.2, -0.15) is 0 Å². The smallest absolute Gasteiger partial charge is 0.410 e. The van der Waals surface area contributed by atoms with Gasteiger partial charge in [-0.3, -0.25) is 0 Å². The molecule has 100 valence electrons. The van der Waals surface area contributed by atoms with Crippen LogP contribution in [0.5, 0.6) is 0 Å². The first-order valence-electron chi connectivity index (χ1n) is 6.26. The lowest BCUT2D eigenvalue weighted by molar-refractivity contribution is 0.0245. The second kappa shape index (κ2) is 6.21. The number of rotatable bonds is 0. The minimum Gasteiger partial charge on any atom is -0.444 e. The van der Waals surface area contributed by atoms with E-state index in [4.69, 9.17) is 4.74 Å². The van der Waals surface area contributed by atoms with Crippen LogP contribution in [0.2, 0.25) is 0 Å². The quantitative estimate of drug-likeness (QED) is 0.682. The van der Waals surface area contributed by atoms with Crippen molar-refractivity contribution < 1.29 is 9.53 Å². The summed E-state index contributed by atoms with van der Waals surface area (Å²) in [5.74, 6) is 0. The monoisotopic (exact) mass is 243 g/mol. The number of likely N-dealkylation sites (N-methyl/N-ethyl adjacent to an activating group) is 1. The van der Waals surface area contributed by atoms with Crippen molar-refractivity contribution in [2.75, 3.05) is 46.3 Å². The zero-order valence-corrected chi connectivity index (χ0v) is 11.5. The second-order valence-electron chi connectivity index (χ2n) is 5.52. The molecule has 5 heteroatoms. The van der Waals surface area contributed by atoms with Crippen LogP contribution in [-0.4, -0.2) is 67.8 Å². The fraction of sp³-hybridized carbons (Fsp3) is 0.917. The molecule has 0 spiro atoms. The maximum absolute atomic E-state index is 12.0. The van der Waals surface area contributed by atoms with Gasteiger partial charge in [-0.25, -0.2) is 4.79 Å². The van der Waals surface area contributed by atoms with Crippen molar-refractivity contribution in [2.24, 2.45) is 0 Å². The van der Waals surface area contributed by atoms with Gasteiger partial charge in [0.05, 0.1) is 0 Å². The summed E-state index contributed by atoms with van der Waals surface area (Å²) in [5, 5.41) is 3.31. The van der Waals surface area contributed by atoms with Gasteiger partial charge in [0.1, 0.15) is 5.60 Å². The number of hydrogen-bond acceptors (Lipinski definition) is 4. The predicted molar refractivity (Wildman–Crippen MR) is 68.2 cm³/mol. The van der Waals surface area contributed by atoms with Gasteiger partial charge in [-0.15, -0.1) is 0 Å². The van der Waals surface area contributed by atoms with Crippen molar-refractivity contribution in [1.29, 1.82) is 0 Å². The van der Waals surface area contributed by atoms with E-state index in [1.165, 1.54) is 0 Å². The van der Waals surface area contributed by atoms with E-state index in [0.717, 1.165) is 32.7 Å². The minimum atomic E-state index is -0.422. The van der Waals surface area contributed by atoms with Crippen LogP contribution in [0.1, 0.15) is 20.8 Å². The zero-order chi connectivity index (χ0) is 12.9. The Balaban J connectivity index is 2.51. The molecule has 0 aromatic rings. The third-order valence-corrected chi connectivity index (χ3v) is 2.63. The van der Waals surface area contributed by atoms with Gasteiger partial charge in [0.25, 0.3) is 0 Å². The van der Waals surface area contributed by atoms with E-state index < -0.39 is 5.60 Å². The van der Waals surface area contributed by atoms with Crippen molar-refractivity contribution in [3.63, 3.8) is 0 Å². The van der Waals surface area contributed by atoms with E-state index in [9.17, 15) is 4.79 Å². The van der Waals surface area contributed by atoms with Crippen LogP contribution >= 0.6 is 0 Å². The molecule has 1 aliphatic rings. The highest BCUT2D eigenvalue weighted by Crippen LogP contribution is 2.09. The predicted octanol–water partition coefficient (Wildman–Crippen LogP) is 0.759. The fourth-order valence-electron chi connectivity index (χ4n) is 1.63. The average molecular weight is 243 g/mol. The van der Waals surface area contributed by atoms with Crippen molar-refractivity contribution in [1.82, 2.24) is 15.1 Å². The first-order valence-corrected chi connectivity index (χ1v) is 6.26. The Kier molecular flexibility index (Phi) is 5.21. The first-order chi connectivity index (χ1) is 7.88. The summed E-state index contributed by atoms with van der Waals surface area (Å²) < 4.78 is 5.39. The molecule has 17 heavy (non-hydrogen) atoms.